The van der Waals surface area contributed by atoms with Crippen molar-refractivity contribution in [3.63, 3.8) is 0 Å². The van der Waals surface area contributed by atoms with Gasteiger partial charge in [-0.25, -0.2) is 0 Å². The summed E-state index contributed by atoms with van der Waals surface area (Å²) in [5, 5.41) is 3.45. The lowest BCUT2D eigenvalue weighted by molar-refractivity contribution is -0.120. The SMILES string of the molecule is O=C(Nc1ccc2c(c1)OCCO2)C1CCC(=O)N1c1ccc(Cl)cc1. The van der Waals surface area contributed by atoms with E-state index in [0.29, 0.717) is 54.0 Å². The van der Waals surface area contributed by atoms with Crippen LogP contribution in [0, 0.1) is 0 Å². The van der Waals surface area contributed by atoms with Crippen LogP contribution in [0.1, 0.15) is 12.8 Å². The standard InChI is InChI=1S/C19H17ClN2O4/c20-12-1-4-14(5-2-12)22-15(6-8-18(22)23)19(24)21-13-3-7-16-17(11-13)26-10-9-25-16/h1-5,7,11,15H,6,8-10H2,(H,21,24). The minimum atomic E-state index is -0.558. The number of benzene rings is 2. The smallest absolute Gasteiger partial charge is 0.247 e. The van der Waals surface area contributed by atoms with Crippen LogP contribution < -0.4 is 19.7 Å². The number of carbonyl (C=O) groups excluding carboxylic acids is 2. The first-order valence-electron chi connectivity index (χ1n) is 8.40. The highest BCUT2D eigenvalue weighted by molar-refractivity contribution is 6.30. The van der Waals surface area contributed by atoms with Gasteiger partial charge in [-0.2, -0.15) is 0 Å². The maximum Gasteiger partial charge on any atom is 0.247 e. The van der Waals surface area contributed by atoms with E-state index in [1.54, 1.807) is 42.5 Å². The van der Waals surface area contributed by atoms with E-state index in [-0.39, 0.29) is 11.8 Å². The molecule has 0 spiro atoms. The zero-order chi connectivity index (χ0) is 18.1. The van der Waals surface area contributed by atoms with Crippen molar-refractivity contribution in [2.75, 3.05) is 23.4 Å². The van der Waals surface area contributed by atoms with Crippen LogP contribution in [0.15, 0.2) is 42.5 Å². The maximum absolute atomic E-state index is 12.8. The normalized spacial score (nSPS) is 18.7. The second-order valence-electron chi connectivity index (χ2n) is 6.14. The van der Waals surface area contributed by atoms with Crippen LogP contribution >= 0.6 is 11.6 Å². The Balaban J connectivity index is 1.53. The van der Waals surface area contributed by atoms with Crippen molar-refractivity contribution in [3.8, 4) is 11.5 Å². The molecule has 0 bridgehead atoms. The average molecular weight is 373 g/mol. The number of carbonyl (C=O) groups is 2. The molecule has 0 radical (unpaired) electrons. The van der Waals surface area contributed by atoms with E-state index in [0.717, 1.165) is 0 Å². The molecule has 2 aromatic rings. The van der Waals surface area contributed by atoms with E-state index in [9.17, 15) is 9.59 Å². The summed E-state index contributed by atoms with van der Waals surface area (Å²) >= 11 is 5.91. The molecule has 0 saturated carbocycles. The average Bonchev–Trinajstić information content (AvgIpc) is 3.04. The van der Waals surface area contributed by atoms with E-state index in [2.05, 4.69) is 5.32 Å². The molecule has 2 aliphatic heterocycles. The van der Waals surface area contributed by atoms with Crippen molar-refractivity contribution >= 4 is 34.8 Å². The maximum atomic E-state index is 12.8. The zero-order valence-electron chi connectivity index (χ0n) is 13.9. The second-order valence-corrected chi connectivity index (χ2v) is 6.58. The molecule has 1 atom stereocenters. The van der Waals surface area contributed by atoms with Gasteiger partial charge in [0.1, 0.15) is 19.3 Å². The monoisotopic (exact) mass is 372 g/mol. The molecule has 2 heterocycles. The fourth-order valence-corrected chi connectivity index (χ4v) is 3.33. The Morgan fingerprint density at radius 3 is 2.58 bits per heavy atom. The molecule has 1 N–H and O–H groups in total. The molecule has 1 saturated heterocycles. The summed E-state index contributed by atoms with van der Waals surface area (Å²) in [7, 11) is 0. The van der Waals surface area contributed by atoms with Gasteiger partial charge in [-0.3, -0.25) is 14.5 Å². The number of amides is 2. The van der Waals surface area contributed by atoms with Crippen molar-refractivity contribution in [3.05, 3.63) is 47.5 Å². The van der Waals surface area contributed by atoms with E-state index in [1.807, 2.05) is 0 Å². The van der Waals surface area contributed by atoms with Crippen LogP contribution in [0.3, 0.4) is 0 Å². The molecule has 2 amide bonds. The van der Waals surface area contributed by atoms with E-state index < -0.39 is 6.04 Å². The Hall–Kier alpha value is -2.73. The molecular formula is C19H17ClN2O4. The van der Waals surface area contributed by atoms with E-state index in [1.165, 1.54) is 4.90 Å². The summed E-state index contributed by atoms with van der Waals surface area (Å²) in [4.78, 5) is 26.6. The second kappa shape index (κ2) is 6.88. The van der Waals surface area contributed by atoms with Crippen molar-refractivity contribution in [2.45, 2.75) is 18.9 Å². The summed E-state index contributed by atoms with van der Waals surface area (Å²) in [6.45, 7) is 0.991. The first-order valence-corrected chi connectivity index (χ1v) is 8.78. The van der Waals surface area contributed by atoms with Gasteiger partial charge >= 0.3 is 0 Å². The molecule has 2 aromatic carbocycles. The van der Waals surface area contributed by atoms with Gasteiger partial charge in [0, 0.05) is 28.9 Å². The van der Waals surface area contributed by atoms with Crippen LogP contribution in [-0.4, -0.2) is 31.1 Å². The third kappa shape index (κ3) is 3.20. The highest BCUT2D eigenvalue weighted by atomic mass is 35.5. The summed E-state index contributed by atoms with van der Waals surface area (Å²) in [6.07, 6.45) is 0.805. The van der Waals surface area contributed by atoms with Gasteiger partial charge in [0.15, 0.2) is 11.5 Å². The van der Waals surface area contributed by atoms with Gasteiger partial charge in [0.2, 0.25) is 11.8 Å². The predicted octanol–water partition coefficient (Wildman–Crippen LogP) is 3.25. The molecule has 4 rings (SSSR count). The summed E-state index contributed by atoms with van der Waals surface area (Å²) in [5.74, 6) is 0.955. The Bertz CT molecular complexity index is 853. The minimum Gasteiger partial charge on any atom is -0.486 e. The molecule has 134 valence electrons. The highest BCUT2D eigenvalue weighted by Crippen LogP contribution is 2.33. The first kappa shape index (κ1) is 16.7. The molecule has 26 heavy (non-hydrogen) atoms. The highest BCUT2D eigenvalue weighted by Gasteiger charge is 2.37. The molecule has 6 nitrogen and oxygen atoms in total. The lowest BCUT2D eigenvalue weighted by atomic mass is 10.1. The summed E-state index contributed by atoms with van der Waals surface area (Å²) < 4.78 is 11.0. The number of anilines is 2. The van der Waals surface area contributed by atoms with E-state index in [4.69, 9.17) is 21.1 Å². The van der Waals surface area contributed by atoms with E-state index >= 15 is 0 Å². The summed E-state index contributed by atoms with van der Waals surface area (Å²) in [5.41, 5.74) is 1.27. The van der Waals surface area contributed by atoms with Crippen molar-refractivity contribution in [1.29, 1.82) is 0 Å². The van der Waals surface area contributed by atoms with Crippen LogP contribution in [-0.2, 0) is 9.59 Å². The van der Waals surface area contributed by atoms with Crippen LogP contribution in [0.25, 0.3) is 0 Å². The van der Waals surface area contributed by atoms with Crippen molar-refractivity contribution in [2.24, 2.45) is 0 Å². The number of nitrogens with one attached hydrogen (secondary N) is 1. The quantitative estimate of drug-likeness (QED) is 0.898. The van der Waals surface area contributed by atoms with Gasteiger partial charge < -0.3 is 14.8 Å². The number of fused-ring (bicyclic) bond motifs is 1. The molecule has 0 aliphatic carbocycles. The van der Waals surface area contributed by atoms with Gasteiger partial charge in [0.05, 0.1) is 0 Å². The van der Waals surface area contributed by atoms with Gasteiger partial charge in [-0.15, -0.1) is 0 Å². The molecule has 2 aliphatic rings. The molecule has 7 heteroatoms. The fraction of sp³-hybridized carbons (Fsp3) is 0.263. The largest absolute Gasteiger partial charge is 0.486 e. The summed E-state index contributed by atoms with van der Waals surface area (Å²) in [6, 6.07) is 11.6. The Labute approximate surface area is 155 Å². The minimum absolute atomic E-state index is 0.0744. The Kier molecular flexibility index (Phi) is 4.42. The molecule has 1 fully saturated rings. The zero-order valence-corrected chi connectivity index (χ0v) is 14.7. The number of ether oxygens (including phenoxy) is 2. The van der Waals surface area contributed by atoms with Crippen LogP contribution in [0.2, 0.25) is 5.02 Å². The first-order chi connectivity index (χ1) is 12.6. The molecule has 0 aromatic heterocycles. The lowest BCUT2D eigenvalue weighted by Crippen LogP contribution is -2.41. The third-order valence-corrected chi connectivity index (χ3v) is 4.68. The van der Waals surface area contributed by atoms with Gasteiger partial charge in [-0.1, -0.05) is 11.6 Å². The number of nitrogens with zero attached hydrogens (tertiary/aromatic N) is 1. The number of rotatable bonds is 3. The van der Waals surface area contributed by atoms with Crippen LogP contribution in [0.4, 0.5) is 11.4 Å². The van der Waals surface area contributed by atoms with Crippen LogP contribution in [0.5, 0.6) is 11.5 Å². The molecular weight excluding hydrogens is 356 g/mol. The fourth-order valence-electron chi connectivity index (χ4n) is 3.20. The van der Waals surface area contributed by atoms with Gasteiger partial charge in [-0.05, 0) is 42.8 Å². The number of hydrogen-bond acceptors (Lipinski definition) is 4. The predicted molar refractivity (Wildman–Crippen MR) is 98.0 cm³/mol. The number of halogens is 1. The van der Waals surface area contributed by atoms with Crippen molar-refractivity contribution < 1.29 is 19.1 Å². The Morgan fingerprint density at radius 1 is 1.08 bits per heavy atom. The Morgan fingerprint density at radius 2 is 1.81 bits per heavy atom. The van der Waals surface area contributed by atoms with Crippen molar-refractivity contribution in [1.82, 2.24) is 0 Å². The topological polar surface area (TPSA) is 67.9 Å². The number of hydrogen-bond donors (Lipinski definition) is 1. The lowest BCUT2D eigenvalue weighted by Gasteiger charge is -2.24. The third-order valence-electron chi connectivity index (χ3n) is 4.43. The molecule has 1 unspecified atom stereocenters. The van der Waals surface area contributed by atoms with Gasteiger partial charge in [0.25, 0.3) is 0 Å².